The van der Waals surface area contributed by atoms with Crippen LogP contribution in [0.4, 0.5) is 8.78 Å². The average molecular weight is 276 g/mol. The quantitative estimate of drug-likeness (QED) is 0.904. The van der Waals surface area contributed by atoms with Gasteiger partial charge in [-0.2, -0.15) is 0 Å². The molecule has 0 radical (unpaired) electrons. The Labute approximate surface area is 117 Å². The number of benzene rings is 2. The summed E-state index contributed by atoms with van der Waals surface area (Å²) < 4.78 is 26.5. The number of halogens is 2. The molecule has 2 unspecified atom stereocenters. The molecule has 2 nitrogen and oxygen atoms in total. The molecule has 2 aromatic rings. The molecule has 4 heteroatoms. The van der Waals surface area contributed by atoms with Crippen molar-refractivity contribution in [2.24, 2.45) is 11.5 Å². The summed E-state index contributed by atoms with van der Waals surface area (Å²) in [6.07, 6.45) is 0. The summed E-state index contributed by atoms with van der Waals surface area (Å²) in [7, 11) is 0. The second kappa shape index (κ2) is 5.69. The van der Waals surface area contributed by atoms with Gasteiger partial charge in [0.2, 0.25) is 0 Å². The zero-order chi connectivity index (χ0) is 14.9. The predicted octanol–water partition coefficient (Wildman–Crippen LogP) is 3.28. The summed E-state index contributed by atoms with van der Waals surface area (Å²) in [5.41, 5.74) is 14.9. The molecule has 0 bridgehead atoms. The van der Waals surface area contributed by atoms with E-state index in [4.69, 9.17) is 11.5 Å². The maximum atomic E-state index is 13.3. The van der Waals surface area contributed by atoms with Crippen LogP contribution in [0.1, 0.15) is 34.3 Å². The van der Waals surface area contributed by atoms with Gasteiger partial charge in [-0.3, -0.25) is 0 Å². The van der Waals surface area contributed by atoms with Crippen LogP contribution in [0, 0.1) is 25.5 Å². The van der Waals surface area contributed by atoms with Crippen molar-refractivity contribution < 1.29 is 8.78 Å². The fraction of sp³-hybridized carbons (Fsp3) is 0.250. The smallest absolute Gasteiger partial charge is 0.126 e. The minimum atomic E-state index is -0.473. The summed E-state index contributed by atoms with van der Waals surface area (Å²) in [6.45, 7) is 3.36. The van der Waals surface area contributed by atoms with Gasteiger partial charge < -0.3 is 11.5 Å². The van der Waals surface area contributed by atoms with Gasteiger partial charge in [-0.1, -0.05) is 24.3 Å². The van der Waals surface area contributed by atoms with Crippen molar-refractivity contribution >= 4 is 0 Å². The normalized spacial score (nSPS) is 14.1. The van der Waals surface area contributed by atoms with Crippen LogP contribution in [0.3, 0.4) is 0 Å². The van der Waals surface area contributed by atoms with Gasteiger partial charge in [-0.25, -0.2) is 8.78 Å². The molecule has 0 spiro atoms. The van der Waals surface area contributed by atoms with Crippen LogP contribution in [0.5, 0.6) is 0 Å². The van der Waals surface area contributed by atoms with Gasteiger partial charge in [-0.05, 0) is 48.2 Å². The molecule has 0 aromatic heterocycles. The first-order chi connectivity index (χ1) is 9.40. The maximum absolute atomic E-state index is 13.3. The number of hydrogen-bond acceptors (Lipinski definition) is 2. The molecule has 0 amide bonds. The first-order valence-electron chi connectivity index (χ1n) is 6.43. The summed E-state index contributed by atoms with van der Waals surface area (Å²) in [6, 6.07) is 8.46. The first kappa shape index (κ1) is 14.6. The lowest BCUT2D eigenvalue weighted by molar-refractivity contribution is 0.564. The van der Waals surface area contributed by atoms with Crippen LogP contribution in [-0.2, 0) is 0 Å². The van der Waals surface area contributed by atoms with E-state index in [9.17, 15) is 8.78 Å². The Hall–Kier alpha value is -1.78. The van der Waals surface area contributed by atoms with Crippen LogP contribution in [0.2, 0.25) is 0 Å². The Balaban J connectivity index is 2.29. The molecule has 0 aliphatic rings. The third-order valence-corrected chi connectivity index (χ3v) is 3.52. The molecule has 2 rings (SSSR count). The number of nitrogens with two attached hydrogens (primary N) is 2. The number of rotatable bonds is 3. The van der Waals surface area contributed by atoms with Crippen molar-refractivity contribution in [2.45, 2.75) is 25.9 Å². The second-order valence-electron chi connectivity index (χ2n) is 5.07. The van der Waals surface area contributed by atoms with Crippen molar-refractivity contribution in [3.8, 4) is 0 Å². The van der Waals surface area contributed by atoms with Gasteiger partial charge >= 0.3 is 0 Å². The molecule has 20 heavy (non-hydrogen) atoms. The van der Waals surface area contributed by atoms with Gasteiger partial charge in [0.15, 0.2) is 0 Å². The average Bonchev–Trinajstić information content (AvgIpc) is 2.43. The summed E-state index contributed by atoms with van der Waals surface area (Å²) in [5, 5.41) is 0. The van der Waals surface area contributed by atoms with E-state index in [-0.39, 0.29) is 11.6 Å². The first-order valence-corrected chi connectivity index (χ1v) is 6.43. The molecule has 0 aliphatic carbocycles. The van der Waals surface area contributed by atoms with Gasteiger partial charge in [-0.15, -0.1) is 0 Å². The Morgan fingerprint density at radius 3 is 1.40 bits per heavy atom. The second-order valence-corrected chi connectivity index (χ2v) is 5.07. The fourth-order valence-corrected chi connectivity index (χ4v) is 2.17. The zero-order valence-corrected chi connectivity index (χ0v) is 11.5. The van der Waals surface area contributed by atoms with Crippen molar-refractivity contribution in [3.05, 3.63) is 70.3 Å². The SMILES string of the molecule is Cc1cc(C(N)C(N)c2ccc(F)c(C)c2)ccc1F. The molecule has 0 heterocycles. The van der Waals surface area contributed by atoms with Crippen molar-refractivity contribution in [1.29, 1.82) is 0 Å². The van der Waals surface area contributed by atoms with Crippen molar-refractivity contribution in [2.75, 3.05) is 0 Å². The fourth-order valence-electron chi connectivity index (χ4n) is 2.17. The lowest BCUT2D eigenvalue weighted by atomic mass is 9.93. The highest BCUT2D eigenvalue weighted by atomic mass is 19.1. The van der Waals surface area contributed by atoms with Gasteiger partial charge in [0, 0.05) is 12.1 Å². The van der Waals surface area contributed by atoms with Crippen LogP contribution in [0.25, 0.3) is 0 Å². The standard InChI is InChI=1S/C16H18F2N2/c1-9-7-11(3-5-13(9)17)15(19)16(20)12-4-6-14(18)10(2)8-12/h3-8,15-16H,19-20H2,1-2H3. The monoisotopic (exact) mass is 276 g/mol. The molecule has 0 saturated heterocycles. The van der Waals surface area contributed by atoms with E-state index in [2.05, 4.69) is 0 Å². The molecule has 0 fully saturated rings. The summed E-state index contributed by atoms with van der Waals surface area (Å²) in [5.74, 6) is -0.542. The summed E-state index contributed by atoms with van der Waals surface area (Å²) >= 11 is 0. The molecule has 0 aliphatic heterocycles. The van der Waals surface area contributed by atoms with E-state index >= 15 is 0 Å². The molecule has 106 valence electrons. The van der Waals surface area contributed by atoms with Crippen LogP contribution < -0.4 is 11.5 Å². The minimum Gasteiger partial charge on any atom is -0.322 e. The minimum absolute atomic E-state index is 0.271. The van der Waals surface area contributed by atoms with Crippen molar-refractivity contribution in [1.82, 2.24) is 0 Å². The van der Waals surface area contributed by atoms with Gasteiger partial charge in [0.1, 0.15) is 11.6 Å². The third-order valence-electron chi connectivity index (χ3n) is 3.52. The van der Waals surface area contributed by atoms with E-state index in [0.29, 0.717) is 11.1 Å². The van der Waals surface area contributed by atoms with Crippen LogP contribution in [0.15, 0.2) is 36.4 Å². The topological polar surface area (TPSA) is 52.0 Å². The van der Waals surface area contributed by atoms with E-state index in [1.54, 1.807) is 38.1 Å². The maximum Gasteiger partial charge on any atom is 0.126 e. The Morgan fingerprint density at radius 1 is 0.750 bits per heavy atom. The highest BCUT2D eigenvalue weighted by Gasteiger charge is 2.18. The van der Waals surface area contributed by atoms with E-state index in [1.807, 2.05) is 0 Å². The van der Waals surface area contributed by atoms with Crippen molar-refractivity contribution in [3.63, 3.8) is 0 Å². The third kappa shape index (κ3) is 2.86. The molecule has 0 saturated carbocycles. The number of aryl methyl sites for hydroxylation is 2. The highest BCUT2D eigenvalue weighted by molar-refractivity contribution is 5.32. The van der Waals surface area contributed by atoms with Crippen LogP contribution >= 0.6 is 0 Å². The highest BCUT2D eigenvalue weighted by Crippen LogP contribution is 2.26. The number of hydrogen-bond donors (Lipinski definition) is 2. The molecular formula is C16H18F2N2. The molecule has 2 aromatic carbocycles. The van der Waals surface area contributed by atoms with Gasteiger partial charge in [0.05, 0.1) is 0 Å². The van der Waals surface area contributed by atoms with E-state index in [1.165, 1.54) is 12.1 Å². The Kier molecular flexibility index (Phi) is 4.16. The lowest BCUT2D eigenvalue weighted by Gasteiger charge is -2.21. The summed E-state index contributed by atoms with van der Waals surface area (Å²) in [4.78, 5) is 0. The predicted molar refractivity (Wildman–Crippen MR) is 76.1 cm³/mol. The Bertz CT molecular complexity index is 570. The lowest BCUT2D eigenvalue weighted by Crippen LogP contribution is -2.26. The van der Waals surface area contributed by atoms with E-state index < -0.39 is 12.1 Å². The van der Waals surface area contributed by atoms with Crippen LogP contribution in [-0.4, -0.2) is 0 Å². The zero-order valence-electron chi connectivity index (χ0n) is 11.5. The molecular weight excluding hydrogens is 258 g/mol. The molecule has 4 N–H and O–H groups in total. The molecule has 2 atom stereocenters. The Morgan fingerprint density at radius 2 is 1.10 bits per heavy atom. The van der Waals surface area contributed by atoms with E-state index in [0.717, 1.165) is 11.1 Å². The largest absolute Gasteiger partial charge is 0.322 e. The van der Waals surface area contributed by atoms with Gasteiger partial charge in [0.25, 0.3) is 0 Å².